The summed E-state index contributed by atoms with van der Waals surface area (Å²) in [5.41, 5.74) is 2.43. The molecule has 21 heavy (non-hydrogen) atoms. The van der Waals surface area contributed by atoms with Gasteiger partial charge in [0.15, 0.2) is 0 Å². The maximum absolute atomic E-state index is 6.13. The van der Waals surface area contributed by atoms with E-state index in [0.29, 0.717) is 6.61 Å². The molecule has 1 N–H and O–H groups in total. The Bertz CT molecular complexity index is 569. The van der Waals surface area contributed by atoms with Crippen molar-refractivity contribution in [2.24, 2.45) is 0 Å². The zero-order valence-corrected chi connectivity index (χ0v) is 13.4. The van der Waals surface area contributed by atoms with Crippen LogP contribution in [0.4, 0.5) is 0 Å². The van der Waals surface area contributed by atoms with E-state index < -0.39 is 0 Å². The molecule has 0 aliphatic heterocycles. The van der Waals surface area contributed by atoms with Crippen molar-refractivity contribution in [2.75, 3.05) is 33.5 Å². The van der Waals surface area contributed by atoms with Gasteiger partial charge < -0.3 is 19.4 Å². The van der Waals surface area contributed by atoms with Crippen molar-refractivity contribution in [3.63, 3.8) is 0 Å². The van der Waals surface area contributed by atoms with Gasteiger partial charge >= 0.3 is 0 Å². The molecular weight excluding hydrogens is 288 g/mol. The number of fused-ring (bicyclic) bond motifs is 1. The van der Waals surface area contributed by atoms with Gasteiger partial charge in [0.2, 0.25) is 0 Å². The van der Waals surface area contributed by atoms with Crippen molar-refractivity contribution in [1.82, 2.24) is 9.88 Å². The van der Waals surface area contributed by atoms with E-state index >= 15 is 0 Å². The van der Waals surface area contributed by atoms with Crippen LogP contribution < -0.4 is 5.32 Å². The summed E-state index contributed by atoms with van der Waals surface area (Å²) in [5, 5.41) is 5.39. The van der Waals surface area contributed by atoms with E-state index in [2.05, 4.69) is 22.1 Å². The first kappa shape index (κ1) is 16.3. The first-order valence-electron chi connectivity index (χ1n) is 7.31. The Morgan fingerprint density at radius 2 is 2.14 bits per heavy atom. The molecule has 0 atom stereocenters. The average molecular weight is 311 g/mol. The van der Waals surface area contributed by atoms with E-state index in [1.165, 1.54) is 10.9 Å². The number of rotatable bonds is 9. The molecule has 0 saturated heterocycles. The number of hydrogen-bond acceptors (Lipinski definition) is 3. The Morgan fingerprint density at radius 1 is 1.29 bits per heavy atom. The first-order valence-corrected chi connectivity index (χ1v) is 7.68. The molecule has 1 aromatic carbocycles. The quantitative estimate of drug-likeness (QED) is 0.723. The standard InChI is InChI=1S/C16H23ClN2O2/c1-3-21-9-7-19-12-13(11-18-6-8-20-2)15-5-4-14(17)10-16(15)19/h4-5,10,12,18H,3,6-9,11H2,1-2H3. The molecular formula is C16H23ClN2O2. The second-order valence-electron chi connectivity index (χ2n) is 4.88. The molecule has 2 rings (SSSR count). The van der Waals surface area contributed by atoms with Crippen molar-refractivity contribution in [2.45, 2.75) is 20.0 Å². The van der Waals surface area contributed by atoms with Gasteiger partial charge in [-0.05, 0) is 24.6 Å². The highest BCUT2D eigenvalue weighted by molar-refractivity contribution is 6.31. The highest BCUT2D eigenvalue weighted by Gasteiger charge is 2.08. The van der Waals surface area contributed by atoms with Crippen LogP contribution in [-0.2, 0) is 22.6 Å². The third-order valence-corrected chi connectivity index (χ3v) is 3.64. The molecule has 5 heteroatoms. The molecule has 0 bridgehead atoms. The fourth-order valence-corrected chi connectivity index (χ4v) is 2.54. The van der Waals surface area contributed by atoms with Crippen LogP contribution in [0.1, 0.15) is 12.5 Å². The van der Waals surface area contributed by atoms with Gasteiger partial charge in [-0.25, -0.2) is 0 Å². The maximum Gasteiger partial charge on any atom is 0.0645 e. The minimum atomic E-state index is 0.712. The zero-order chi connectivity index (χ0) is 15.1. The molecule has 4 nitrogen and oxygen atoms in total. The minimum Gasteiger partial charge on any atom is -0.383 e. The molecule has 1 heterocycles. The molecule has 0 spiro atoms. The summed E-state index contributed by atoms with van der Waals surface area (Å²) in [6.45, 7) is 6.68. The lowest BCUT2D eigenvalue weighted by atomic mass is 10.2. The van der Waals surface area contributed by atoms with Crippen LogP contribution in [0.15, 0.2) is 24.4 Å². The van der Waals surface area contributed by atoms with Crippen molar-refractivity contribution >= 4 is 22.5 Å². The zero-order valence-electron chi connectivity index (χ0n) is 12.7. The molecule has 116 valence electrons. The highest BCUT2D eigenvalue weighted by atomic mass is 35.5. The summed E-state index contributed by atoms with van der Waals surface area (Å²) in [6.07, 6.45) is 2.18. The molecule has 0 unspecified atom stereocenters. The van der Waals surface area contributed by atoms with Gasteiger partial charge in [0.05, 0.1) is 13.2 Å². The van der Waals surface area contributed by atoms with Gasteiger partial charge in [-0.1, -0.05) is 17.7 Å². The van der Waals surface area contributed by atoms with E-state index in [4.69, 9.17) is 21.1 Å². The van der Waals surface area contributed by atoms with E-state index in [0.717, 1.165) is 43.4 Å². The number of halogens is 1. The van der Waals surface area contributed by atoms with E-state index in [-0.39, 0.29) is 0 Å². The first-order chi connectivity index (χ1) is 10.3. The molecule has 0 amide bonds. The number of nitrogens with zero attached hydrogens (tertiary/aromatic N) is 1. The smallest absolute Gasteiger partial charge is 0.0645 e. The van der Waals surface area contributed by atoms with E-state index in [9.17, 15) is 0 Å². The van der Waals surface area contributed by atoms with Crippen molar-refractivity contribution in [3.05, 3.63) is 35.0 Å². The summed E-state index contributed by atoms with van der Waals surface area (Å²) in [7, 11) is 1.71. The number of hydrogen-bond donors (Lipinski definition) is 1. The molecule has 1 aromatic heterocycles. The Labute approximate surface area is 131 Å². The van der Waals surface area contributed by atoms with Crippen molar-refractivity contribution < 1.29 is 9.47 Å². The van der Waals surface area contributed by atoms with Crippen LogP contribution in [0.25, 0.3) is 10.9 Å². The number of aromatic nitrogens is 1. The van der Waals surface area contributed by atoms with Gasteiger partial charge in [0.25, 0.3) is 0 Å². The predicted octanol–water partition coefficient (Wildman–Crippen LogP) is 3.07. The molecule has 0 saturated carbocycles. The Kier molecular flexibility index (Phi) is 6.51. The SMILES string of the molecule is CCOCCn1cc(CNCCOC)c2ccc(Cl)cc21. The van der Waals surface area contributed by atoms with Gasteiger partial charge in [-0.3, -0.25) is 0 Å². The average Bonchev–Trinajstić information content (AvgIpc) is 2.81. The summed E-state index contributed by atoms with van der Waals surface area (Å²) in [5.74, 6) is 0. The second kappa shape index (κ2) is 8.39. The third-order valence-electron chi connectivity index (χ3n) is 3.41. The minimum absolute atomic E-state index is 0.712. The monoisotopic (exact) mass is 310 g/mol. The van der Waals surface area contributed by atoms with Crippen LogP contribution in [0.2, 0.25) is 5.02 Å². The van der Waals surface area contributed by atoms with E-state index in [1.807, 2.05) is 19.1 Å². The third kappa shape index (κ3) is 4.45. The lowest BCUT2D eigenvalue weighted by Gasteiger charge is -2.05. The Morgan fingerprint density at radius 3 is 2.90 bits per heavy atom. The summed E-state index contributed by atoms with van der Waals surface area (Å²) < 4.78 is 12.7. The second-order valence-corrected chi connectivity index (χ2v) is 5.31. The Balaban J connectivity index is 2.16. The number of ether oxygens (including phenoxy) is 2. The molecule has 0 fully saturated rings. The van der Waals surface area contributed by atoms with Crippen LogP contribution in [-0.4, -0.2) is 38.0 Å². The molecule has 0 aliphatic rings. The van der Waals surface area contributed by atoms with Crippen LogP contribution in [0.3, 0.4) is 0 Å². The topological polar surface area (TPSA) is 35.4 Å². The normalized spacial score (nSPS) is 11.4. The lowest BCUT2D eigenvalue weighted by Crippen LogP contribution is -2.18. The summed E-state index contributed by atoms with van der Waals surface area (Å²) in [6, 6.07) is 6.04. The number of nitrogens with one attached hydrogen (secondary N) is 1. The number of benzene rings is 1. The van der Waals surface area contributed by atoms with Crippen LogP contribution in [0, 0.1) is 0 Å². The Hall–Kier alpha value is -1.07. The summed E-state index contributed by atoms with van der Waals surface area (Å²) >= 11 is 6.13. The molecule has 0 aliphatic carbocycles. The fourth-order valence-electron chi connectivity index (χ4n) is 2.37. The predicted molar refractivity (Wildman–Crippen MR) is 87.0 cm³/mol. The largest absolute Gasteiger partial charge is 0.383 e. The van der Waals surface area contributed by atoms with Crippen LogP contribution in [0.5, 0.6) is 0 Å². The van der Waals surface area contributed by atoms with Crippen molar-refractivity contribution in [3.8, 4) is 0 Å². The van der Waals surface area contributed by atoms with Gasteiger partial charge in [0, 0.05) is 55.5 Å². The van der Waals surface area contributed by atoms with Crippen LogP contribution >= 0.6 is 11.6 Å². The fraction of sp³-hybridized carbons (Fsp3) is 0.500. The van der Waals surface area contributed by atoms with Crippen molar-refractivity contribution in [1.29, 1.82) is 0 Å². The molecule has 2 aromatic rings. The van der Waals surface area contributed by atoms with E-state index in [1.54, 1.807) is 7.11 Å². The van der Waals surface area contributed by atoms with Gasteiger partial charge in [-0.2, -0.15) is 0 Å². The highest BCUT2D eigenvalue weighted by Crippen LogP contribution is 2.24. The summed E-state index contributed by atoms with van der Waals surface area (Å²) in [4.78, 5) is 0. The van der Waals surface area contributed by atoms with Gasteiger partial charge in [0.1, 0.15) is 0 Å². The maximum atomic E-state index is 6.13. The lowest BCUT2D eigenvalue weighted by molar-refractivity contribution is 0.140. The number of methoxy groups -OCH3 is 1. The van der Waals surface area contributed by atoms with Gasteiger partial charge in [-0.15, -0.1) is 0 Å². The molecule has 0 radical (unpaired) electrons.